The van der Waals surface area contributed by atoms with Gasteiger partial charge in [-0.15, -0.1) is 0 Å². The van der Waals surface area contributed by atoms with Crippen molar-refractivity contribution in [3.05, 3.63) is 69.6 Å². The van der Waals surface area contributed by atoms with E-state index in [1.165, 1.54) is 81.4 Å². The number of carbonyl (C=O) groups excluding carboxylic acids is 1. The minimum atomic E-state index is -0.481. The van der Waals surface area contributed by atoms with Crippen molar-refractivity contribution in [1.82, 2.24) is 9.97 Å². The van der Waals surface area contributed by atoms with Crippen LogP contribution in [0.4, 0.5) is 16.3 Å². The third kappa shape index (κ3) is 12.6. The summed E-state index contributed by atoms with van der Waals surface area (Å²) >= 11 is 19.8. The van der Waals surface area contributed by atoms with Gasteiger partial charge >= 0.3 is 6.03 Å². The van der Waals surface area contributed by atoms with Gasteiger partial charge in [0.1, 0.15) is 45.6 Å². The van der Waals surface area contributed by atoms with E-state index in [-0.39, 0.29) is 34.2 Å². The van der Waals surface area contributed by atoms with Crippen LogP contribution in [-0.2, 0) is 11.3 Å². The Hall–Kier alpha value is -2.78. The molecule has 0 spiro atoms. The van der Waals surface area contributed by atoms with Crippen LogP contribution in [-0.4, -0.2) is 43.6 Å². The van der Waals surface area contributed by atoms with E-state index < -0.39 is 6.03 Å². The molecule has 1 aromatic heterocycles. The summed E-state index contributed by atoms with van der Waals surface area (Å²) in [5.41, 5.74) is 1.51. The van der Waals surface area contributed by atoms with Crippen molar-refractivity contribution in [2.24, 2.45) is 5.41 Å². The molecule has 0 bridgehead atoms. The summed E-state index contributed by atoms with van der Waals surface area (Å²) < 4.78 is 17.1. The maximum Gasteiger partial charge on any atom is 0.332 e. The molecule has 0 N–H and O–H groups in total. The molecule has 1 heterocycles. The third-order valence-corrected chi connectivity index (χ3v) is 8.73. The Morgan fingerprint density at radius 1 is 0.766 bits per heavy atom. The fourth-order valence-corrected chi connectivity index (χ4v) is 6.05. The van der Waals surface area contributed by atoms with Crippen LogP contribution in [0.5, 0.6) is 11.5 Å². The summed E-state index contributed by atoms with van der Waals surface area (Å²) in [5, 5.41) is 0.492. The van der Waals surface area contributed by atoms with E-state index in [1.54, 1.807) is 6.07 Å². The number of ether oxygens (including phenoxy) is 3. The summed E-state index contributed by atoms with van der Waals surface area (Å²) in [6.07, 6.45) is 13.4. The summed E-state index contributed by atoms with van der Waals surface area (Å²) in [4.78, 5) is 25.7. The van der Waals surface area contributed by atoms with E-state index in [2.05, 4.69) is 30.7 Å². The Morgan fingerprint density at radius 3 is 1.89 bits per heavy atom. The van der Waals surface area contributed by atoms with Crippen molar-refractivity contribution in [3.8, 4) is 11.5 Å². The van der Waals surface area contributed by atoms with Gasteiger partial charge in [-0.2, -0.15) is 0 Å². The molecular formula is C36H49Cl3N4O4. The van der Waals surface area contributed by atoms with Crippen molar-refractivity contribution in [2.45, 2.75) is 91.5 Å². The molecule has 2 aromatic carbocycles. The quantitative estimate of drug-likeness (QED) is 0.0701. The van der Waals surface area contributed by atoms with Crippen LogP contribution in [0.3, 0.4) is 0 Å². The Bertz CT molecular complexity index is 1360. The minimum Gasteiger partial charge on any atom is -0.495 e. The first-order chi connectivity index (χ1) is 22.6. The highest BCUT2D eigenvalue weighted by Gasteiger charge is 2.31. The van der Waals surface area contributed by atoms with Gasteiger partial charge in [-0.25, -0.2) is 14.8 Å². The Morgan fingerprint density at radius 2 is 1.34 bits per heavy atom. The summed E-state index contributed by atoms with van der Waals surface area (Å²) in [7, 11) is 2.97. The molecule has 3 aromatic rings. The number of hydrogen-bond acceptors (Lipinski definition) is 6. The number of benzene rings is 2. The van der Waals surface area contributed by atoms with Crippen molar-refractivity contribution in [3.63, 3.8) is 0 Å². The number of aromatic nitrogens is 2. The van der Waals surface area contributed by atoms with Crippen LogP contribution < -0.4 is 19.3 Å². The van der Waals surface area contributed by atoms with E-state index in [0.29, 0.717) is 29.3 Å². The second-order valence-corrected chi connectivity index (χ2v) is 13.9. The normalized spacial score (nSPS) is 11.4. The summed E-state index contributed by atoms with van der Waals surface area (Å²) in [5.74, 6) is 0.907. The van der Waals surface area contributed by atoms with Crippen LogP contribution in [0.25, 0.3) is 0 Å². The molecule has 0 aliphatic heterocycles. The lowest BCUT2D eigenvalue weighted by Gasteiger charge is -2.31. The van der Waals surface area contributed by atoms with Crippen LogP contribution in [0.1, 0.15) is 90.5 Å². The highest BCUT2D eigenvalue weighted by atomic mass is 35.5. The number of halogens is 3. The first-order valence-corrected chi connectivity index (χ1v) is 17.5. The average molecular weight is 708 g/mol. The molecule has 0 atom stereocenters. The standard InChI is InChI=1S/C36H49Cl3N4O4/c1-36(2,3)20-16-11-9-7-6-8-10-12-17-21-47-26-43(34-32(38)28(45-4)22-29(46-5)33(34)39)35(44)42(24-27-18-14-13-15-19-27)31-23-30(37)40-25-41-31/h13-15,18-19,22-23,25H,6-12,16-17,20-21,24,26H2,1-5H3. The Labute approximate surface area is 295 Å². The molecule has 47 heavy (non-hydrogen) atoms. The second-order valence-electron chi connectivity index (χ2n) is 12.8. The van der Waals surface area contributed by atoms with E-state index in [0.717, 1.165) is 24.8 Å². The van der Waals surface area contributed by atoms with E-state index in [1.807, 2.05) is 30.3 Å². The van der Waals surface area contributed by atoms with E-state index in [9.17, 15) is 4.79 Å². The Balaban J connectivity index is 1.71. The van der Waals surface area contributed by atoms with Gasteiger partial charge in [0.25, 0.3) is 0 Å². The maximum atomic E-state index is 14.5. The molecule has 258 valence electrons. The maximum absolute atomic E-state index is 14.5. The van der Waals surface area contributed by atoms with Gasteiger partial charge in [0.05, 0.1) is 26.5 Å². The predicted octanol–water partition coefficient (Wildman–Crippen LogP) is 11.0. The number of hydrogen-bond donors (Lipinski definition) is 0. The van der Waals surface area contributed by atoms with Crippen LogP contribution >= 0.6 is 34.8 Å². The Kier molecular flexibility index (Phi) is 16.4. The van der Waals surface area contributed by atoms with Gasteiger partial charge in [0.2, 0.25) is 0 Å². The zero-order valence-corrected chi connectivity index (χ0v) is 30.6. The van der Waals surface area contributed by atoms with Gasteiger partial charge in [-0.1, -0.05) is 137 Å². The summed E-state index contributed by atoms with van der Waals surface area (Å²) in [6, 6.07) is 12.2. The van der Waals surface area contributed by atoms with Crippen molar-refractivity contribution < 1.29 is 19.0 Å². The van der Waals surface area contributed by atoms with Crippen LogP contribution in [0.15, 0.2) is 48.8 Å². The predicted molar refractivity (Wildman–Crippen MR) is 194 cm³/mol. The largest absolute Gasteiger partial charge is 0.495 e. The molecule has 0 radical (unpaired) electrons. The molecule has 0 aliphatic rings. The number of carbonyl (C=O) groups is 1. The number of methoxy groups -OCH3 is 2. The molecule has 3 rings (SSSR count). The van der Waals surface area contributed by atoms with Crippen molar-refractivity contribution >= 4 is 52.3 Å². The van der Waals surface area contributed by atoms with Gasteiger partial charge in [0, 0.05) is 18.7 Å². The highest BCUT2D eigenvalue weighted by Crippen LogP contribution is 2.46. The zero-order chi connectivity index (χ0) is 34.2. The van der Waals surface area contributed by atoms with Gasteiger partial charge < -0.3 is 14.2 Å². The summed E-state index contributed by atoms with van der Waals surface area (Å²) in [6.45, 7) is 7.46. The number of amides is 2. The number of anilines is 2. The fraction of sp³-hybridized carbons (Fsp3) is 0.528. The first-order valence-electron chi connectivity index (χ1n) is 16.3. The second kappa shape index (κ2) is 19.9. The molecule has 2 amide bonds. The van der Waals surface area contributed by atoms with E-state index >= 15 is 0 Å². The van der Waals surface area contributed by atoms with Gasteiger partial charge in [0.15, 0.2) is 0 Å². The molecule has 0 fully saturated rings. The van der Waals surface area contributed by atoms with Gasteiger partial charge in [-0.05, 0) is 23.8 Å². The molecule has 8 nitrogen and oxygen atoms in total. The fourth-order valence-electron chi connectivity index (χ4n) is 5.21. The van der Waals surface area contributed by atoms with Crippen molar-refractivity contribution in [1.29, 1.82) is 0 Å². The monoisotopic (exact) mass is 706 g/mol. The lowest BCUT2D eigenvalue weighted by molar-refractivity contribution is 0.132. The number of nitrogens with zero attached hydrogens (tertiary/aromatic N) is 4. The van der Waals surface area contributed by atoms with Crippen LogP contribution in [0.2, 0.25) is 15.2 Å². The number of unbranched alkanes of at least 4 members (excludes halogenated alkanes) is 8. The average Bonchev–Trinajstić information content (AvgIpc) is 3.04. The lowest BCUT2D eigenvalue weighted by atomic mass is 9.89. The molecule has 0 saturated heterocycles. The molecular weight excluding hydrogens is 659 g/mol. The zero-order valence-electron chi connectivity index (χ0n) is 28.4. The SMILES string of the molecule is COc1cc(OC)c(Cl)c(N(COCCCCCCCCCCCC(C)(C)C)C(=O)N(Cc2ccccc2)c2cc(Cl)ncn2)c1Cl. The smallest absolute Gasteiger partial charge is 0.332 e. The third-order valence-electron chi connectivity index (χ3n) is 7.80. The molecule has 11 heteroatoms. The van der Waals surface area contributed by atoms with Crippen LogP contribution in [0, 0.1) is 5.41 Å². The lowest BCUT2D eigenvalue weighted by Crippen LogP contribution is -2.45. The molecule has 0 saturated carbocycles. The number of rotatable bonds is 19. The molecule has 0 aliphatic carbocycles. The highest BCUT2D eigenvalue weighted by molar-refractivity contribution is 6.42. The van der Waals surface area contributed by atoms with Crippen molar-refractivity contribution in [2.75, 3.05) is 37.4 Å². The first kappa shape index (κ1) is 38.7. The molecule has 0 unspecified atom stereocenters. The minimum absolute atomic E-state index is 0.118. The number of urea groups is 1. The van der Waals surface area contributed by atoms with E-state index in [4.69, 9.17) is 49.0 Å². The van der Waals surface area contributed by atoms with Gasteiger partial charge in [-0.3, -0.25) is 9.80 Å². The topological polar surface area (TPSA) is 77.0 Å².